The molecule has 1 fully saturated rings. The van der Waals surface area contributed by atoms with Crippen LogP contribution in [0.3, 0.4) is 0 Å². The number of hydrogen-bond donors (Lipinski definition) is 2. The largest absolute Gasteiger partial charge is 0.379 e. The lowest BCUT2D eigenvalue weighted by molar-refractivity contribution is 0.0170. The zero-order valence-corrected chi connectivity index (χ0v) is 17.7. The van der Waals surface area contributed by atoms with Gasteiger partial charge in [0.1, 0.15) is 5.82 Å². The van der Waals surface area contributed by atoms with E-state index in [9.17, 15) is 4.39 Å². The minimum absolute atomic E-state index is 0.100. The number of nitrogens with zero attached hydrogens (tertiary/aromatic N) is 2. The molecule has 1 aromatic rings. The lowest BCUT2D eigenvalue weighted by Gasteiger charge is -2.35. The second kappa shape index (κ2) is 10.9. The third kappa shape index (κ3) is 7.31. The van der Waals surface area contributed by atoms with Crippen LogP contribution in [0.15, 0.2) is 29.3 Å². The number of hydrogen-bond acceptors (Lipinski definition) is 4. The second-order valence-corrected chi connectivity index (χ2v) is 8.77. The Balaban J connectivity index is 2.10. The monoisotopic (exact) mass is 396 g/mol. The van der Waals surface area contributed by atoms with Crippen molar-refractivity contribution in [1.82, 2.24) is 15.5 Å². The first-order chi connectivity index (χ1) is 12.9. The van der Waals surface area contributed by atoms with Gasteiger partial charge in [-0.25, -0.2) is 4.39 Å². The summed E-state index contributed by atoms with van der Waals surface area (Å²) in [6, 6.07) is 6.95. The van der Waals surface area contributed by atoms with E-state index in [0.29, 0.717) is 6.54 Å². The Bertz CT molecular complexity index is 588. The van der Waals surface area contributed by atoms with Gasteiger partial charge >= 0.3 is 0 Å². The average Bonchev–Trinajstić information content (AvgIpc) is 2.68. The second-order valence-electron chi connectivity index (χ2n) is 7.26. The van der Waals surface area contributed by atoms with E-state index >= 15 is 0 Å². The van der Waals surface area contributed by atoms with Gasteiger partial charge in [0.15, 0.2) is 5.96 Å². The molecule has 0 saturated carbocycles. The van der Waals surface area contributed by atoms with Crippen LogP contribution in [0.25, 0.3) is 0 Å². The zero-order valence-electron chi connectivity index (χ0n) is 16.9. The topological polar surface area (TPSA) is 48.9 Å². The highest BCUT2D eigenvalue weighted by Crippen LogP contribution is 2.22. The number of rotatable bonds is 8. The SMILES string of the molecule is CCNC(=NCC(C)(C)SC)NCC(c1ccc(F)cc1)N1CCOCC1. The van der Waals surface area contributed by atoms with Crippen LogP contribution in [0.1, 0.15) is 32.4 Å². The van der Waals surface area contributed by atoms with Crippen LogP contribution in [-0.4, -0.2) is 67.8 Å². The first kappa shape index (κ1) is 22.0. The Kier molecular flexibility index (Phi) is 8.86. The molecular formula is C20H33FN4OS. The highest BCUT2D eigenvalue weighted by Gasteiger charge is 2.23. The number of guanidine groups is 1. The van der Waals surface area contributed by atoms with Crippen molar-refractivity contribution in [1.29, 1.82) is 0 Å². The minimum Gasteiger partial charge on any atom is -0.379 e. The molecule has 7 heteroatoms. The molecule has 0 aromatic heterocycles. The Hall–Kier alpha value is -1.31. The van der Waals surface area contributed by atoms with Gasteiger partial charge in [-0.1, -0.05) is 12.1 Å². The quantitative estimate of drug-likeness (QED) is 0.523. The van der Waals surface area contributed by atoms with Crippen molar-refractivity contribution in [3.8, 4) is 0 Å². The van der Waals surface area contributed by atoms with E-state index in [1.165, 1.54) is 12.1 Å². The molecule has 0 spiro atoms. The number of nitrogens with one attached hydrogen (secondary N) is 2. The van der Waals surface area contributed by atoms with Gasteiger partial charge in [-0.05, 0) is 44.7 Å². The predicted octanol–water partition coefficient (Wildman–Crippen LogP) is 2.90. The van der Waals surface area contributed by atoms with Crippen LogP contribution in [0.2, 0.25) is 0 Å². The molecule has 1 atom stereocenters. The summed E-state index contributed by atoms with van der Waals surface area (Å²) in [7, 11) is 0. The van der Waals surface area contributed by atoms with Crippen molar-refractivity contribution in [3.63, 3.8) is 0 Å². The molecule has 1 heterocycles. The fraction of sp³-hybridized carbons (Fsp3) is 0.650. The fourth-order valence-electron chi connectivity index (χ4n) is 2.90. The summed E-state index contributed by atoms with van der Waals surface area (Å²) >= 11 is 1.81. The Morgan fingerprint density at radius 3 is 2.52 bits per heavy atom. The number of aliphatic imine (C=N–C) groups is 1. The van der Waals surface area contributed by atoms with Gasteiger partial charge in [-0.2, -0.15) is 11.8 Å². The first-order valence-corrected chi connectivity index (χ1v) is 10.8. The molecule has 0 radical (unpaired) electrons. The van der Waals surface area contributed by atoms with Gasteiger partial charge in [0.05, 0.1) is 25.8 Å². The van der Waals surface area contributed by atoms with Crippen molar-refractivity contribution in [2.45, 2.75) is 31.6 Å². The van der Waals surface area contributed by atoms with E-state index in [1.54, 1.807) is 0 Å². The van der Waals surface area contributed by atoms with E-state index < -0.39 is 0 Å². The average molecular weight is 397 g/mol. The van der Waals surface area contributed by atoms with Gasteiger partial charge in [0, 0.05) is 30.9 Å². The van der Waals surface area contributed by atoms with Crippen molar-refractivity contribution in [2.24, 2.45) is 4.99 Å². The molecule has 2 rings (SSSR count). The lowest BCUT2D eigenvalue weighted by atomic mass is 10.0. The molecule has 1 saturated heterocycles. The molecule has 0 bridgehead atoms. The van der Waals surface area contributed by atoms with Gasteiger partial charge in [0.25, 0.3) is 0 Å². The molecule has 0 aliphatic carbocycles. The van der Waals surface area contributed by atoms with E-state index in [0.717, 1.165) is 50.9 Å². The molecule has 1 unspecified atom stereocenters. The van der Waals surface area contributed by atoms with E-state index in [4.69, 9.17) is 9.73 Å². The van der Waals surface area contributed by atoms with Crippen LogP contribution in [0, 0.1) is 5.82 Å². The number of benzene rings is 1. The molecule has 152 valence electrons. The standard InChI is InChI=1S/C20H33FN4OS/c1-5-22-19(24-15-20(2,3)27-4)23-14-18(25-10-12-26-13-11-25)16-6-8-17(21)9-7-16/h6-9,18H,5,10-15H2,1-4H3,(H2,22,23,24). The summed E-state index contributed by atoms with van der Waals surface area (Å²) in [5.74, 6) is 0.613. The zero-order chi connectivity index (χ0) is 19.7. The molecule has 1 aromatic carbocycles. The molecule has 27 heavy (non-hydrogen) atoms. The molecule has 1 aliphatic rings. The van der Waals surface area contributed by atoms with Crippen LogP contribution < -0.4 is 10.6 Å². The summed E-state index contributed by atoms with van der Waals surface area (Å²) in [5.41, 5.74) is 1.10. The number of halogens is 1. The summed E-state index contributed by atoms with van der Waals surface area (Å²) in [6.07, 6.45) is 2.11. The maximum Gasteiger partial charge on any atom is 0.191 e. The molecular weight excluding hydrogens is 363 g/mol. The summed E-state index contributed by atoms with van der Waals surface area (Å²) < 4.78 is 19.0. The Labute approximate surface area is 167 Å². The Morgan fingerprint density at radius 2 is 1.93 bits per heavy atom. The van der Waals surface area contributed by atoms with Gasteiger partial charge < -0.3 is 15.4 Å². The van der Waals surface area contributed by atoms with Gasteiger partial charge in [0.2, 0.25) is 0 Å². The van der Waals surface area contributed by atoms with Crippen LogP contribution in [0.5, 0.6) is 0 Å². The van der Waals surface area contributed by atoms with Gasteiger partial charge in [-0.15, -0.1) is 0 Å². The van der Waals surface area contributed by atoms with Crippen LogP contribution in [0.4, 0.5) is 4.39 Å². The summed E-state index contributed by atoms with van der Waals surface area (Å²) in [4.78, 5) is 7.14. The minimum atomic E-state index is -0.207. The third-order valence-corrected chi connectivity index (χ3v) is 5.95. The fourth-order valence-corrected chi connectivity index (χ4v) is 3.09. The molecule has 1 aliphatic heterocycles. The maximum absolute atomic E-state index is 13.4. The summed E-state index contributed by atoms with van der Waals surface area (Å²) in [6.45, 7) is 11.9. The van der Waals surface area contributed by atoms with E-state index in [1.807, 2.05) is 23.9 Å². The Morgan fingerprint density at radius 1 is 1.26 bits per heavy atom. The highest BCUT2D eigenvalue weighted by molar-refractivity contribution is 7.99. The molecule has 5 nitrogen and oxygen atoms in total. The van der Waals surface area contributed by atoms with E-state index in [2.05, 4.69) is 42.6 Å². The highest BCUT2D eigenvalue weighted by atomic mass is 32.2. The predicted molar refractivity (Wildman–Crippen MR) is 113 cm³/mol. The maximum atomic E-state index is 13.4. The van der Waals surface area contributed by atoms with E-state index in [-0.39, 0.29) is 16.6 Å². The molecule has 2 N–H and O–H groups in total. The van der Waals surface area contributed by atoms with Crippen molar-refractivity contribution in [3.05, 3.63) is 35.6 Å². The molecule has 0 amide bonds. The van der Waals surface area contributed by atoms with Crippen LogP contribution in [-0.2, 0) is 4.74 Å². The smallest absolute Gasteiger partial charge is 0.191 e. The normalized spacial score (nSPS) is 17.6. The van der Waals surface area contributed by atoms with Crippen LogP contribution >= 0.6 is 11.8 Å². The third-order valence-electron chi connectivity index (χ3n) is 4.72. The number of morpholine rings is 1. The van der Waals surface area contributed by atoms with Crippen molar-refractivity contribution < 1.29 is 9.13 Å². The van der Waals surface area contributed by atoms with Gasteiger partial charge in [-0.3, -0.25) is 9.89 Å². The first-order valence-electron chi connectivity index (χ1n) is 9.60. The number of ether oxygens (including phenoxy) is 1. The number of thioether (sulfide) groups is 1. The summed E-state index contributed by atoms with van der Waals surface area (Å²) in [5, 5.41) is 6.81. The van der Waals surface area contributed by atoms with Crippen molar-refractivity contribution in [2.75, 3.05) is 52.2 Å². The lowest BCUT2D eigenvalue weighted by Crippen LogP contribution is -2.46. The van der Waals surface area contributed by atoms with Crippen molar-refractivity contribution >= 4 is 17.7 Å².